The van der Waals surface area contributed by atoms with Crippen LogP contribution in [0.25, 0.3) is 21.9 Å². The zero-order valence-electron chi connectivity index (χ0n) is 16.0. The summed E-state index contributed by atoms with van der Waals surface area (Å²) in [4.78, 5) is 12.4. The molecule has 0 saturated carbocycles. The molecule has 0 aliphatic carbocycles. The second-order valence-corrected chi connectivity index (χ2v) is 6.79. The second-order valence-electron chi connectivity index (χ2n) is 6.79. The summed E-state index contributed by atoms with van der Waals surface area (Å²) in [6.45, 7) is 4.26. The van der Waals surface area contributed by atoms with Crippen molar-refractivity contribution in [1.82, 2.24) is 9.99 Å². The fourth-order valence-electron chi connectivity index (χ4n) is 3.29. The number of furan rings is 1. The number of ether oxygens (including phenoxy) is 1. The van der Waals surface area contributed by atoms with Gasteiger partial charge in [0.15, 0.2) is 17.1 Å². The van der Waals surface area contributed by atoms with E-state index in [4.69, 9.17) is 9.15 Å². The summed E-state index contributed by atoms with van der Waals surface area (Å²) >= 11 is 0. The van der Waals surface area contributed by atoms with E-state index in [1.165, 1.54) is 0 Å². The highest BCUT2D eigenvalue weighted by atomic mass is 16.5. The summed E-state index contributed by atoms with van der Waals surface area (Å²) in [5.74, 6) is 0.352. The summed E-state index contributed by atoms with van der Waals surface area (Å²) in [6.07, 6.45) is 3.69. The second kappa shape index (κ2) is 7.23. The van der Waals surface area contributed by atoms with Crippen molar-refractivity contribution in [2.75, 3.05) is 7.11 Å². The zero-order chi connectivity index (χ0) is 19.7. The summed E-state index contributed by atoms with van der Waals surface area (Å²) in [5, 5.41) is 6.01. The summed E-state index contributed by atoms with van der Waals surface area (Å²) < 4.78 is 13.1. The summed E-state index contributed by atoms with van der Waals surface area (Å²) in [7, 11) is 1.56. The number of benzene rings is 2. The van der Waals surface area contributed by atoms with Crippen LogP contribution in [-0.2, 0) is 0 Å². The van der Waals surface area contributed by atoms with Gasteiger partial charge in [-0.15, -0.1) is 0 Å². The fraction of sp³-hybridized carbons (Fsp3) is 0.182. The standard InChI is InChI=1S/C22H21N3O3/c1-14(2)25-13-16(17-8-4-5-9-18(17)25)12-23-24-22(26)20-11-15-7-6-10-19(27-3)21(15)28-20/h4-14H,1-3H3,(H,24,26)/b23-12-. The van der Waals surface area contributed by atoms with Gasteiger partial charge in [-0.25, -0.2) is 5.43 Å². The molecule has 1 amide bonds. The minimum atomic E-state index is -0.415. The molecule has 0 aliphatic rings. The van der Waals surface area contributed by atoms with Crippen LogP contribution in [0.15, 0.2) is 64.2 Å². The van der Waals surface area contributed by atoms with Crippen LogP contribution in [0, 0.1) is 0 Å². The number of amides is 1. The minimum Gasteiger partial charge on any atom is -0.493 e. The van der Waals surface area contributed by atoms with Crippen LogP contribution in [0.1, 0.15) is 36.0 Å². The predicted molar refractivity (Wildman–Crippen MR) is 110 cm³/mol. The highest BCUT2D eigenvalue weighted by molar-refractivity contribution is 6.01. The Morgan fingerprint density at radius 1 is 1.21 bits per heavy atom. The van der Waals surface area contributed by atoms with Crippen LogP contribution in [-0.4, -0.2) is 23.8 Å². The minimum absolute atomic E-state index is 0.182. The van der Waals surface area contributed by atoms with E-state index in [-0.39, 0.29) is 5.76 Å². The Morgan fingerprint density at radius 2 is 2.04 bits per heavy atom. The lowest BCUT2D eigenvalue weighted by atomic mass is 10.2. The van der Waals surface area contributed by atoms with Gasteiger partial charge in [0.1, 0.15) is 0 Å². The van der Waals surface area contributed by atoms with Crippen LogP contribution < -0.4 is 10.2 Å². The number of hydrogen-bond acceptors (Lipinski definition) is 4. The van der Waals surface area contributed by atoms with Crippen molar-refractivity contribution in [2.45, 2.75) is 19.9 Å². The molecule has 1 N–H and O–H groups in total. The molecule has 0 atom stereocenters. The molecule has 142 valence electrons. The van der Waals surface area contributed by atoms with E-state index in [2.05, 4.69) is 35.0 Å². The molecular formula is C22H21N3O3. The predicted octanol–water partition coefficient (Wildman–Crippen LogP) is 4.74. The molecule has 2 aromatic heterocycles. The van der Waals surface area contributed by atoms with Gasteiger partial charge in [0.05, 0.1) is 13.3 Å². The monoisotopic (exact) mass is 375 g/mol. The average molecular weight is 375 g/mol. The molecule has 0 spiro atoms. The number of para-hydroxylation sites is 2. The molecule has 0 radical (unpaired) electrons. The first-order chi connectivity index (χ1) is 13.6. The lowest BCUT2D eigenvalue weighted by molar-refractivity contribution is 0.0929. The number of aromatic nitrogens is 1. The van der Waals surface area contributed by atoms with Crippen LogP contribution >= 0.6 is 0 Å². The fourth-order valence-corrected chi connectivity index (χ4v) is 3.29. The molecule has 2 aromatic carbocycles. The van der Waals surface area contributed by atoms with E-state index in [1.807, 2.05) is 36.5 Å². The number of carbonyl (C=O) groups is 1. The molecule has 0 saturated heterocycles. The van der Waals surface area contributed by atoms with Gasteiger partial charge in [-0.1, -0.05) is 30.3 Å². The molecule has 0 unspecified atom stereocenters. The molecule has 0 aliphatic heterocycles. The van der Waals surface area contributed by atoms with Crippen molar-refractivity contribution < 1.29 is 13.9 Å². The molecular weight excluding hydrogens is 354 g/mol. The van der Waals surface area contributed by atoms with Crippen molar-refractivity contribution >= 4 is 34.0 Å². The molecule has 4 rings (SSSR count). The SMILES string of the molecule is COc1cccc2cc(C(=O)N/N=C\c3cn(C(C)C)c4ccccc34)oc12. The molecule has 28 heavy (non-hydrogen) atoms. The van der Waals surface area contributed by atoms with Gasteiger partial charge in [-0.05, 0) is 32.0 Å². The van der Waals surface area contributed by atoms with Gasteiger partial charge in [0.25, 0.3) is 0 Å². The maximum atomic E-state index is 12.4. The molecule has 2 heterocycles. The molecule has 6 nitrogen and oxygen atoms in total. The van der Waals surface area contributed by atoms with Crippen molar-refractivity contribution in [3.8, 4) is 5.75 Å². The van der Waals surface area contributed by atoms with Gasteiger partial charge in [-0.2, -0.15) is 5.10 Å². The smallest absolute Gasteiger partial charge is 0.307 e. The summed E-state index contributed by atoms with van der Waals surface area (Å²) in [6, 6.07) is 15.6. The largest absolute Gasteiger partial charge is 0.493 e. The number of nitrogens with zero attached hydrogens (tertiary/aromatic N) is 2. The maximum absolute atomic E-state index is 12.4. The zero-order valence-corrected chi connectivity index (χ0v) is 16.0. The van der Waals surface area contributed by atoms with Crippen LogP contribution in [0.2, 0.25) is 0 Å². The van der Waals surface area contributed by atoms with E-state index in [0.717, 1.165) is 21.9 Å². The van der Waals surface area contributed by atoms with E-state index in [9.17, 15) is 4.79 Å². The maximum Gasteiger partial charge on any atom is 0.307 e. The lowest BCUT2D eigenvalue weighted by Gasteiger charge is -2.08. The highest BCUT2D eigenvalue weighted by Crippen LogP contribution is 2.28. The van der Waals surface area contributed by atoms with Gasteiger partial charge < -0.3 is 13.7 Å². The Hall–Kier alpha value is -3.54. The number of fused-ring (bicyclic) bond motifs is 2. The van der Waals surface area contributed by atoms with Crippen LogP contribution in [0.4, 0.5) is 0 Å². The normalized spacial score (nSPS) is 11.7. The highest BCUT2D eigenvalue weighted by Gasteiger charge is 2.14. The summed E-state index contributed by atoms with van der Waals surface area (Å²) in [5.41, 5.74) is 5.15. The lowest BCUT2D eigenvalue weighted by Crippen LogP contribution is -2.16. The van der Waals surface area contributed by atoms with Gasteiger partial charge >= 0.3 is 5.91 Å². The molecule has 0 fully saturated rings. The third kappa shape index (κ3) is 3.13. The number of hydrazone groups is 1. The Morgan fingerprint density at radius 3 is 2.82 bits per heavy atom. The average Bonchev–Trinajstić information content (AvgIpc) is 3.30. The van der Waals surface area contributed by atoms with Crippen LogP contribution in [0.5, 0.6) is 5.75 Å². The van der Waals surface area contributed by atoms with E-state index < -0.39 is 5.91 Å². The van der Waals surface area contributed by atoms with Crippen molar-refractivity contribution in [3.05, 3.63) is 66.1 Å². The number of nitrogens with one attached hydrogen (secondary N) is 1. The molecule has 6 heteroatoms. The van der Waals surface area contributed by atoms with Crippen molar-refractivity contribution in [3.63, 3.8) is 0 Å². The number of methoxy groups -OCH3 is 1. The molecule has 0 bridgehead atoms. The Labute approximate surface area is 162 Å². The van der Waals surface area contributed by atoms with Gasteiger partial charge in [-0.3, -0.25) is 4.79 Å². The number of carbonyl (C=O) groups excluding carboxylic acids is 1. The Kier molecular flexibility index (Phi) is 4.61. The first kappa shape index (κ1) is 17.9. The number of rotatable bonds is 5. The van der Waals surface area contributed by atoms with E-state index in [0.29, 0.717) is 17.4 Å². The third-order valence-corrected chi connectivity index (χ3v) is 4.65. The quantitative estimate of drug-likeness (QED) is 0.405. The Bertz CT molecular complexity index is 1180. The first-order valence-electron chi connectivity index (χ1n) is 9.08. The van der Waals surface area contributed by atoms with Crippen LogP contribution in [0.3, 0.4) is 0 Å². The van der Waals surface area contributed by atoms with Crippen molar-refractivity contribution in [1.29, 1.82) is 0 Å². The van der Waals surface area contributed by atoms with Gasteiger partial charge in [0, 0.05) is 34.1 Å². The third-order valence-electron chi connectivity index (χ3n) is 4.65. The van der Waals surface area contributed by atoms with E-state index >= 15 is 0 Å². The number of hydrogen-bond donors (Lipinski definition) is 1. The van der Waals surface area contributed by atoms with E-state index in [1.54, 1.807) is 25.5 Å². The van der Waals surface area contributed by atoms with Gasteiger partial charge in [0.2, 0.25) is 0 Å². The topological polar surface area (TPSA) is 68.8 Å². The Balaban J connectivity index is 1.57. The molecule has 4 aromatic rings. The van der Waals surface area contributed by atoms with Crippen molar-refractivity contribution in [2.24, 2.45) is 5.10 Å². The first-order valence-corrected chi connectivity index (χ1v) is 9.08.